The normalized spacial score (nSPS) is 28.6. The van der Waals surface area contributed by atoms with Gasteiger partial charge in [0.25, 0.3) is 0 Å². The number of phenols is 1. The summed E-state index contributed by atoms with van der Waals surface area (Å²) in [5.74, 6) is 0.507. The Morgan fingerprint density at radius 2 is 2.18 bits per heavy atom. The lowest BCUT2D eigenvalue weighted by molar-refractivity contribution is 0.0407. The van der Waals surface area contributed by atoms with Crippen LogP contribution in [-0.2, 0) is 0 Å². The van der Waals surface area contributed by atoms with Crippen LogP contribution < -0.4 is 10.1 Å². The number of nitrogens with zero attached hydrogens (tertiary/aromatic N) is 4. The first-order chi connectivity index (χ1) is 13.5. The predicted molar refractivity (Wildman–Crippen MR) is 100 cm³/mol. The summed E-state index contributed by atoms with van der Waals surface area (Å²) in [6.45, 7) is 2.65. The number of nitrogens with one attached hydrogen (secondary N) is 1. The molecule has 144 valence electrons. The van der Waals surface area contributed by atoms with Gasteiger partial charge in [0, 0.05) is 42.6 Å². The van der Waals surface area contributed by atoms with Crippen LogP contribution in [0.4, 0.5) is 4.39 Å². The van der Waals surface area contributed by atoms with Gasteiger partial charge in [0.2, 0.25) is 5.88 Å². The van der Waals surface area contributed by atoms with Gasteiger partial charge in [0.1, 0.15) is 11.9 Å². The molecule has 5 rings (SSSR count). The number of rotatable bonds is 4. The van der Waals surface area contributed by atoms with Gasteiger partial charge in [-0.1, -0.05) is 0 Å². The average Bonchev–Trinajstić information content (AvgIpc) is 3.41. The molecule has 8 heteroatoms. The molecular formula is C20H20FN5O2. The number of fused-ring (bicyclic) bond motifs is 2. The van der Waals surface area contributed by atoms with Crippen molar-refractivity contribution in [3.8, 4) is 28.6 Å². The smallest absolute Gasteiger partial charge is 0.233 e. The van der Waals surface area contributed by atoms with Crippen LogP contribution in [0.15, 0.2) is 48.8 Å². The van der Waals surface area contributed by atoms with Gasteiger partial charge < -0.3 is 15.2 Å². The van der Waals surface area contributed by atoms with E-state index in [0.29, 0.717) is 17.1 Å². The van der Waals surface area contributed by atoms with Crippen molar-refractivity contribution in [3.05, 3.63) is 48.8 Å². The topological polar surface area (TPSA) is 85.1 Å². The van der Waals surface area contributed by atoms with E-state index < -0.39 is 17.8 Å². The molecule has 1 saturated heterocycles. The van der Waals surface area contributed by atoms with Crippen LogP contribution >= 0.6 is 0 Å². The van der Waals surface area contributed by atoms with Gasteiger partial charge >= 0.3 is 0 Å². The van der Waals surface area contributed by atoms with Crippen molar-refractivity contribution >= 4 is 0 Å². The number of ether oxygens (including phenoxy) is 1. The molecule has 2 aliphatic rings. The van der Waals surface area contributed by atoms with Crippen molar-refractivity contribution in [1.29, 1.82) is 0 Å². The molecule has 0 spiro atoms. The molecule has 1 unspecified atom stereocenters. The minimum absolute atomic E-state index is 0.0758. The lowest BCUT2D eigenvalue weighted by atomic mass is 9.99. The second kappa shape index (κ2) is 6.27. The first-order valence-corrected chi connectivity index (χ1v) is 9.26. The number of benzene rings is 1. The molecule has 3 heterocycles. The molecule has 7 nitrogen and oxygen atoms in total. The molecule has 2 fully saturated rings. The Morgan fingerprint density at radius 1 is 1.29 bits per heavy atom. The molecule has 4 atom stereocenters. The summed E-state index contributed by atoms with van der Waals surface area (Å²) in [6.07, 6.45) is 2.65. The third-order valence-corrected chi connectivity index (χ3v) is 5.74. The number of piperidine rings is 1. The zero-order valence-electron chi connectivity index (χ0n) is 15.3. The third kappa shape index (κ3) is 2.72. The molecule has 2 N–H and O–H groups in total. The largest absolute Gasteiger partial charge is 0.507 e. The van der Waals surface area contributed by atoms with Gasteiger partial charge in [0.15, 0.2) is 6.17 Å². The summed E-state index contributed by atoms with van der Waals surface area (Å²) >= 11 is 0. The summed E-state index contributed by atoms with van der Waals surface area (Å²) < 4.78 is 22.1. The van der Waals surface area contributed by atoms with Gasteiger partial charge in [-0.3, -0.25) is 0 Å². The summed E-state index contributed by atoms with van der Waals surface area (Å²) in [6, 6.07) is 10.4. The van der Waals surface area contributed by atoms with E-state index in [0.717, 1.165) is 18.7 Å². The minimum Gasteiger partial charge on any atom is -0.507 e. The first-order valence-electron chi connectivity index (χ1n) is 9.26. The highest BCUT2D eigenvalue weighted by Gasteiger charge is 2.57. The molecule has 0 amide bonds. The van der Waals surface area contributed by atoms with E-state index >= 15 is 0 Å². The number of halogens is 1. The monoisotopic (exact) mass is 381 g/mol. The Hall–Kier alpha value is -3.00. The third-order valence-electron chi connectivity index (χ3n) is 5.74. The zero-order valence-corrected chi connectivity index (χ0v) is 15.3. The predicted octanol–water partition coefficient (Wildman–Crippen LogP) is 2.50. The lowest BCUT2D eigenvalue weighted by Gasteiger charge is -2.32. The first kappa shape index (κ1) is 17.1. The molecule has 0 radical (unpaired) electrons. The molecule has 1 aliphatic carbocycles. The van der Waals surface area contributed by atoms with E-state index in [4.69, 9.17) is 4.74 Å². The Bertz CT molecular complexity index is 994. The molecule has 1 saturated carbocycles. The average molecular weight is 381 g/mol. The van der Waals surface area contributed by atoms with Gasteiger partial charge in [0.05, 0.1) is 16.9 Å². The summed E-state index contributed by atoms with van der Waals surface area (Å²) in [5.41, 5.74) is 1.29. The Kier molecular flexibility index (Phi) is 3.83. The zero-order chi connectivity index (χ0) is 19.3. The van der Waals surface area contributed by atoms with E-state index in [1.807, 2.05) is 19.1 Å². The number of hydrogen-bond acceptors (Lipinski definition) is 6. The SMILES string of the molecule is C[C@@]12CC(CN1)[C@H](Oc1ccc(-c3ccc(-n4cccn4)cc3O)nn1)[C@@H]2F. The highest BCUT2D eigenvalue weighted by atomic mass is 19.1. The minimum atomic E-state index is -1.08. The maximum absolute atomic E-state index is 14.6. The van der Waals surface area contributed by atoms with E-state index in [1.165, 1.54) is 0 Å². The lowest BCUT2D eigenvalue weighted by Crippen LogP contribution is -2.53. The number of aromatic hydroxyl groups is 1. The Balaban J connectivity index is 1.34. The summed E-state index contributed by atoms with van der Waals surface area (Å²) in [5, 5.41) is 26.0. The highest BCUT2D eigenvalue weighted by molar-refractivity contribution is 5.68. The fraction of sp³-hybridized carbons (Fsp3) is 0.350. The van der Waals surface area contributed by atoms with Crippen molar-refractivity contribution in [2.75, 3.05) is 6.54 Å². The molecule has 2 aromatic heterocycles. The number of alkyl halides is 1. The van der Waals surface area contributed by atoms with Crippen molar-refractivity contribution < 1.29 is 14.2 Å². The maximum Gasteiger partial charge on any atom is 0.233 e. The second-order valence-corrected chi connectivity index (χ2v) is 7.66. The van der Waals surface area contributed by atoms with E-state index in [1.54, 1.807) is 41.3 Å². The molecule has 3 aromatic rings. The number of aromatic nitrogens is 4. The molecular weight excluding hydrogens is 361 g/mol. The van der Waals surface area contributed by atoms with Crippen LogP contribution in [0.2, 0.25) is 0 Å². The second-order valence-electron chi connectivity index (χ2n) is 7.66. The van der Waals surface area contributed by atoms with Gasteiger partial charge in [-0.15, -0.1) is 10.2 Å². The van der Waals surface area contributed by atoms with Crippen LogP contribution in [-0.4, -0.2) is 49.4 Å². The standard InChI is InChI=1S/C20H20FN5O2/c1-20-10-12(11-22-20)18(19(20)21)28-17-6-5-15(24-25-17)14-4-3-13(9-16(14)27)26-8-2-7-23-26/h2-9,12,18-19,22,27H,10-11H2,1H3/t12?,18-,19-,20-/m0/s1. The summed E-state index contributed by atoms with van der Waals surface area (Å²) in [7, 11) is 0. The molecule has 28 heavy (non-hydrogen) atoms. The van der Waals surface area contributed by atoms with Crippen LogP contribution in [0.3, 0.4) is 0 Å². The number of hydrogen-bond donors (Lipinski definition) is 2. The van der Waals surface area contributed by atoms with Crippen LogP contribution in [0.5, 0.6) is 11.6 Å². The fourth-order valence-electron chi connectivity index (χ4n) is 4.22. The molecule has 1 aromatic carbocycles. The molecule has 2 bridgehead atoms. The quantitative estimate of drug-likeness (QED) is 0.722. The molecule has 1 aliphatic heterocycles. The van der Waals surface area contributed by atoms with Crippen LogP contribution in [0.25, 0.3) is 16.9 Å². The van der Waals surface area contributed by atoms with E-state index in [9.17, 15) is 9.50 Å². The Labute approximate surface area is 161 Å². The van der Waals surface area contributed by atoms with Gasteiger partial charge in [-0.2, -0.15) is 5.10 Å². The van der Waals surface area contributed by atoms with Crippen molar-refractivity contribution in [1.82, 2.24) is 25.3 Å². The van der Waals surface area contributed by atoms with E-state index in [-0.39, 0.29) is 11.7 Å². The van der Waals surface area contributed by atoms with Crippen molar-refractivity contribution in [2.24, 2.45) is 5.92 Å². The van der Waals surface area contributed by atoms with Crippen molar-refractivity contribution in [2.45, 2.75) is 31.2 Å². The summed E-state index contributed by atoms with van der Waals surface area (Å²) in [4.78, 5) is 0. The maximum atomic E-state index is 14.6. The van der Waals surface area contributed by atoms with Crippen LogP contribution in [0.1, 0.15) is 13.3 Å². The van der Waals surface area contributed by atoms with Crippen molar-refractivity contribution in [3.63, 3.8) is 0 Å². The van der Waals surface area contributed by atoms with Gasteiger partial charge in [-0.25, -0.2) is 9.07 Å². The fourth-order valence-corrected chi connectivity index (χ4v) is 4.22. The Morgan fingerprint density at radius 3 is 2.82 bits per heavy atom. The van der Waals surface area contributed by atoms with Crippen LogP contribution in [0, 0.1) is 5.92 Å². The van der Waals surface area contributed by atoms with E-state index in [2.05, 4.69) is 20.6 Å². The highest BCUT2D eigenvalue weighted by Crippen LogP contribution is 2.43. The van der Waals surface area contributed by atoms with Gasteiger partial charge in [-0.05, 0) is 37.6 Å². The number of phenolic OH excluding ortho intramolecular Hbond substituents is 1.